The molecule has 0 aliphatic rings. The van der Waals surface area contributed by atoms with Crippen LogP contribution in [0.5, 0.6) is 5.75 Å². The maximum absolute atomic E-state index is 13.0. The van der Waals surface area contributed by atoms with Crippen molar-refractivity contribution in [1.82, 2.24) is 0 Å². The Morgan fingerprint density at radius 3 is 1.90 bits per heavy atom. The van der Waals surface area contributed by atoms with Crippen molar-refractivity contribution in [3.05, 3.63) is 60.7 Å². The highest BCUT2D eigenvalue weighted by atomic mass is 31.1. The molecule has 2 rings (SSSR count). The first-order chi connectivity index (χ1) is 9.72. The molecule has 0 aliphatic carbocycles. The number of para-hydroxylation sites is 1. The summed E-state index contributed by atoms with van der Waals surface area (Å²) in [6.07, 6.45) is 1.42. The molecule has 0 fully saturated rings. The van der Waals surface area contributed by atoms with Crippen molar-refractivity contribution in [3.8, 4) is 5.75 Å². The van der Waals surface area contributed by atoms with Gasteiger partial charge in [0, 0.05) is 12.8 Å². The zero-order valence-electron chi connectivity index (χ0n) is 12.0. The van der Waals surface area contributed by atoms with Gasteiger partial charge in [0.1, 0.15) is 5.75 Å². The molecule has 20 heavy (non-hydrogen) atoms. The van der Waals surface area contributed by atoms with Crippen LogP contribution in [-0.4, -0.2) is 5.34 Å². The van der Waals surface area contributed by atoms with Crippen molar-refractivity contribution in [2.45, 2.75) is 32.0 Å². The van der Waals surface area contributed by atoms with Gasteiger partial charge in [-0.3, -0.25) is 0 Å². The average Bonchev–Trinajstić information content (AvgIpc) is 2.54. The molecule has 0 saturated heterocycles. The number of ether oxygens (including phenoxy) is 1. The van der Waals surface area contributed by atoms with Gasteiger partial charge in [-0.1, -0.05) is 54.8 Å². The molecule has 2 aromatic rings. The second-order valence-electron chi connectivity index (χ2n) is 4.70. The first-order valence-corrected chi connectivity index (χ1v) is 8.24. The molecular weight excluding hydrogens is 267 g/mol. The van der Waals surface area contributed by atoms with E-state index >= 15 is 0 Å². The predicted octanol–water partition coefficient (Wildman–Crippen LogP) is 4.73. The molecule has 1 unspecified atom stereocenters. The zero-order valence-corrected chi connectivity index (χ0v) is 12.8. The van der Waals surface area contributed by atoms with Crippen LogP contribution in [0.4, 0.5) is 0 Å². The van der Waals surface area contributed by atoms with Crippen LogP contribution in [0.15, 0.2) is 60.7 Å². The molecule has 0 heterocycles. The van der Waals surface area contributed by atoms with Gasteiger partial charge >= 0.3 is 13.1 Å². The van der Waals surface area contributed by atoms with Crippen LogP contribution in [0.3, 0.4) is 0 Å². The first kappa shape index (κ1) is 14.7. The fourth-order valence-electron chi connectivity index (χ4n) is 2.23. The summed E-state index contributed by atoms with van der Waals surface area (Å²) in [6, 6.07) is 19.2. The maximum atomic E-state index is 13.0. The lowest BCUT2D eigenvalue weighted by atomic mass is 10.2. The monoisotopic (exact) mass is 287 g/mol. The van der Waals surface area contributed by atoms with Crippen molar-refractivity contribution in [3.63, 3.8) is 0 Å². The number of rotatable bonds is 6. The molecule has 0 spiro atoms. The molecule has 104 valence electrons. The lowest BCUT2D eigenvalue weighted by Crippen LogP contribution is -2.33. The highest BCUT2D eigenvalue weighted by molar-refractivity contribution is 7.55. The predicted molar refractivity (Wildman–Crippen MR) is 84.1 cm³/mol. The smallest absolute Gasteiger partial charge is 0.424 e. The lowest BCUT2D eigenvalue weighted by Gasteiger charge is -2.22. The van der Waals surface area contributed by atoms with Gasteiger partial charge in [-0.2, -0.15) is 0 Å². The topological polar surface area (TPSA) is 26.3 Å². The van der Waals surface area contributed by atoms with Crippen molar-refractivity contribution in [2.24, 2.45) is 0 Å². The van der Waals surface area contributed by atoms with Crippen LogP contribution in [0.25, 0.3) is 0 Å². The molecule has 0 saturated carbocycles. The molecule has 3 heteroatoms. The Labute approximate surface area is 121 Å². The van der Waals surface area contributed by atoms with E-state index in [1.807, 2.05) is 74.5 Å². The van der Waals surface area contributed by atoms with Gasteiger partial charge in [-0.25, -0.2) is 0 Å². The Kier molecular flexibility index (Phi) is 4.92. The van der Waals surface area contributed by atoms with Gasteiger partial charge in [0.2, 0.25) is 0 Å². The number of hydrogen-bond donors (Lipinski definition) is 0. The molecular formula is C17H20O2P+. The highest BCUT2D eigenvalue weighted by Crippen LogP contribution is 2.44. The quantitative estimate of drug-likeness (QED) is 0.718. The summed E-state index contributed by atoms with van der Waals surface area (Å²) in [6.45, 7) is 4.06. The third-order valence-electron chi connectivity index (χ3n) is 3.52. The Bertz CT molecular complexity index is 548. The molecule has 2 nitrogen and oxygen atoms in total. The van der Waals surface area contributed by atoms with Crippen LogP contribution in [0.2, 0.25) is 0 Å². The molecule has 0 aromatic heterocycles. The molecule has 1 atom stereocenters. The lowest BCUT2D eigenvalue weighted by molar-refractivity contribution is 0.147. The van der Waals surface area contributed by atoms with E-state index in [4.69, 9.17) is 4.74 Å². The van der Waals surface area contributed by atoms with E-state index in [-0.39, 0.29) is 0 Å². The van der Waals surface area contributed by atoms with Crippen LogP contribution in [0.1, 0.15) is 26.7 Å². The summed E-state index contributed by atoms with van der Waals surface area (Å²) in [4.78, 5) is 0. The van der Waals surface area contributed by atoms with E-state index in [0.717, 1.165) is 11.1 Å². The Morgan fingerprint density at radius 1 is 0.900 bits per heavy atom. The Balaban J connectivity index is 2.32. The van der Waals surface area contributed by atoms with E-state index < -0.39 is 13.1 Å². The van der Waals surface area contributed by atoms with E-state index in [0.29, 0.717) is 12.8 Å². The number of benzene rings is 2. The van der Waals surface area contributed by atoms with Crippen LogP contribution < -0.4 is 10.0 Å². The maximum Gasteiger partial charge on any atom is 0.424 e. The summed E-state index contributed by atoms with van der Waals surface area (Å²) in [5.41, 5.74) is 0. The molecule has 0 amide bonds. The summed E-state index contributed by atoms with van der Waals surface area (Å²) >= 11 is 0. The van der Waals surface area contributed by atoms with Gasteiger partial charge in [0.25, 0.3) is 0 Å². The summed E-state index contributed by atoms with van der Waals surface area (Å²) in [5, 5.41) is 0.208. The largest absolute Gasteiger partial charge is 0.444 e. The molecule has 0 bridgehead atoms. The van der Waals surface area contributed by atoms with Crippen molar-refractivity contribution in [2.75, 3.05) is 0 Å². The molecule has 2 aromatic carbocycles. The van der Waals surface area contributed by atoms with E-state index in [9.17, 15) is 4.57 Å². The SMILES string of the molecule is CCC(CC)(Oc1ccccc1)[P+](=O)c1ccccc1. The fourth-order valence-corrected chi connectivity index (χ4v) is 3.91. The molecule has 0 N–H and O–H groups in total. The third-order valence-corrected chi connectivity index (χ3v) is 5.75. The highest BCUT2D eigenvalue weighted by Gasteiger charge is 2.49. The Morgan fingerprint density at radius 2 is 1.40 bits per heavy atom. The summed E-state index contributed by atoms with van der Waals surface area (Å²) in [5.74, 6) is 0.774. The minimum atomic E-state index is -1.62. The standard InChI is InChI=1S/C17H20O2P/c1-3-17(4-2,19-15-11-7-5-8-12-15)20(18)16-13-9-6-10-14-16/h5-14H,3-4H2,1-2H3/q+1. The first-order valence-electron chi connectivity index (χ1n) is 6.98. The van der Waals surface area contributed by atoms with Gasteiger partial charge in [0.15, 0.2) is 5.30 Å². The van der Waals surface area contributed by atoms with Gasteiger partial charge < -0.3 is 4.74 Å². The van der Waals surface area contributed by atoms with Crippen molar-refractivity contribution >= 4 is 13.1 Å². The van der Waals surface area contributed by atoms with Crippen LogP contribution >= 0.6 is 7.80 Å². The third kappa shape index (κ3) is 3.08. The molecule has 0 radical (unpaired) electrons. The molecule has 0 aliphatic heterocycles. The van der Waals surface area contributed by atoms with E-state index in [1.54, 1.807) is 0 Å². The van der Waals surface area contributed by atoms with Crippen LogP contribution in [-0.2, 0) is 4.57 Å². The summed E-state index contributed by atoms with van der Waals surface area (Å²) in [7, 11) is -1.62. The second kappa shape index (κ2) is 6.67. The second-order valence-corrected chi connectivity index (χ2v) is 6.62. The van der Waals surface area contributed by atoms with E-state index in [1.165, 1.54) is 0 Å². The average molecular weight is 287 g/mol. The van der Waals surface area contributed by atoms with Gasteiger partial charge in [0.05, 0.1) is 0 Å². The van der Waals surface area contributed by atoms with Gasteiger partial charge in [-0.05, 0) is 24.3 Å². The van der Waals surface area contributed by atoms with Gasteiger partial charge in [-0.15, -0.1) is 0 Å². The Hall–Kier alpha value is -1.66. The minimum absolute atomic E-state index is 0.641. The number of hydrogen-bond acceptors (Lipinski definition) is 2. The fraction of sp³-hybridized carbons (Fsp3) is 0.294. The van der Waals surface area contributed by atoms with E-state index in [2.05, 4.69) is 0 Å². The van der Waals surface area contributed by atoms with Crippen molar-refractivity contribution < 1.29 is 9.30 Å². The normalized spacial score (nSPS) is 12.0. The summed E-state index contributed by atoms with van der Waals surface area (Å²) < 4.78 is 19.1. The van der Waals surface area contributed by atoms with Crippen molar-refractivity contribution in [1.29, 1.82) is 0 Å². The minimum Gasteiger partial charge on any atom is -0.444 e. The van der Waals surface area contributed by atoms with Crippen LogP contribution in [0, 0.1) is 0 Å². The zero-order chi connectivity index (χ0) is 14.4.